The molecule has 0 heterocycles. The molecule has 2 atom stereocenters. The van der Waals surface area contributed by atoms with E-state index in [-0.39, 0.29) is 0 Å². The predicted octanol–water partition coefficient (Wildman–Crippen LogP) is 3.92. The number of para-hydroxylation sites is 1. The van der Waals surface area contributed by atoms with Crippen LogP contribution in [-0.4, -0.2) is 12.6 Å². The van der Waals surface area contributed by atoms with Gasteiger partial charge in [-0.05, 0) is 33.3 Å². The molecule has 2 nitrogen and oxygen atoms in total. The smallest absolute Gasteiger partial charge is 0.124 e. The van der Waals surface area contributed by atoms with Crippen molar-refractivity contribution < 1.29 is 4.74 Å². The van der Waals surface area contributed by atoms with Gasteiger partial charge in [-0.3, -0.25) is 0 Å². The Labute approximate surface area is 105 Å². The van der Waals surface area contributed by atoms with Crippen molar-refractivity contribution in [2.24, 2.45) is 0 Å². The summed E-state index contributed by atoms with van der Waals surface area (Å²) in [7, 11) is 0. The minimum atomic E-state index is 0.333. The molecule has 1 aromatic rings. The van der Waals surface area contributed by atoms with Crippen LogP contribution in [0.15, 0.2) is 24.3 Å². The van der Waals surface area contributed by atoms with Crippen molar-refractivity contribution in [1.82, 2.24) is 5.32 Å². The van der Waals surface area contributed by atoms with E-state index < -0.39 is 0 Å². The van der Waals surface area contributed by atoms with E-state index >= 15 is 0 Å². The van der Waals surface area contributed by atoms with E-state index in [2.05, 4.69) is 38.2 Å². The monoisotopic (exact) mass is 235 g/mol. The molecule has 0 bridgehead atoms. The van der Waals surface area contributed by atoms with Gasteiger partial charge in [0, 0.05) is 17.6 Å². The fourth-order valence-electron chi connectivity index (χ4n) is 2.16. The molecular formula is C15H25NO. The van der Waals surface area contributed by atoms with Crippen molar-refractivity contribution in [2.75, 3.05) is 6.61 Å². The highest BCUT2D eigenvalue weighted by atomic mass is 16.5. The Morgan fingerprint density at radius 2 is 1.88 bits per heavy atom. The molecule has 0 spiro atoms. The summed E-state index contributed by atoms with van der Waals surface area (Å²) in [6.45, 7) is 9.40. The van der Waals surface area contributed by atoms with Gasteiger partial charge >= 0.3 is 0 Å². The average Bonchev–Trinajstić information content (AvgIpc) is 2.30. The third-order valence-electron chi connectivity index (χ3n) is 2.94. The number of hydrogen-bond acceptors (Lipinski definition) is 2. The van der Waals surface area contributed by atoms with E-state index in [1.807, 2.05) is 19.1 Å². The summed E-state index contributed by atoms with van der Waals surface area (Å²) in [4.78, 5) is 0. The maximum Gasteiger partial charge on any atom is 0.124 e. The van der Waals surface area contributed by atoms with Crippen LogP contribution in [0.25, 0.3) is 0 Å². The molecule has 2 unspecified atom stereocenters. The second-order valence-electron chi connectivity index (χ2n) is 4.55. The Kier molecular flexibility index (Phi) is 6.06. The molecule has 1 N–H and O–H groups in total. The highest BCUT2D eigenvalue weighted by Gasteiger charge is 2.12. The zero-order valence-electron chi connectivity index (χ0n) is 11.5. The van der Waals surface area contributed by atoms with E-state index in [0.29, 0.717) is 18.7 Å². The molecule has 2 heteroatoms. The lowest BCUT2D eigenvalue weighted by Gasteiger charge is -2.22. The largest absolute Gasteiger partial charge is 0.494 e. The summed E-state index contributed by atoms with van der Waals surface area (Å²) < 4.78 is 5.66. The van der Waals surface area contributed by atoms with Gasteiger partial charge in [0.25, 0.3) is 0 Å². The van der Waals surface area contributed by atoms with Crippen LogP contribution in [0.4, 0.5) is 0 Å². The van der Waals surface area contributed by atoms with E-state index in [1.165, 1.54) is 18.4 Å². The molecule has 1 aromatic carbocycles. The molecule has 0 aliphatic heterocycles. The van der Waals surface area contributed by atoms with Crippen molar-refractivity contribution >= 4 is 0 Å². The summed E-state index contributed by atoms with van der Waals surface area (Å²) in [5, 5.41) is 3.62. The maximum absolute atomic E-state index is 5.66. The lowest BCUT2D eigenvalue weighted by molar-refractivity contribution is 0.330. The Morgan fingerprint density at radius 1 is 1.18 bits per heavy atom. The topological polar surface area (TPSA) is 21.3 Å². The van der Waals surface area contributed by atoms with Crippen LogP contribution in [0.3, 0.4) is 0 Å². The molecule has 0 saturated heterocycles. The van der Waals surface area contributed by atoms with Gasteiger partial charge in [-0.15, -0.1) is 0 Å². The van der Waals surface area contributed by atoms with Gasteiger partial charge in [-0.1, -0.05) is 31.5 Å². The zero-order valence-corrected chi connectivity index (χ0v) is 11.5. The molecule has 96 valence electrons. The second kappa shape index (κ2) is 7.33. The second-order valence-corrected chi connectivity index (χ2v) is 4.55. The van der Waals surface area contributed by atoms with Gasteiger partial charge < -0.3 is 10.1 Å². The van der Waals surface area contributed by atoms with Gasteiger partial charge in [0.05, 0.1) is 6.61 Å². The lowest BCUT2D eigenvalue weighted by Crippen LogP contribution is -2.29. The van der Waals surface area contributed by atoms with Gasteiger partial charge in [-0.2, -0.15) is 0 Å². The Morgan fingerprint density at radius 3 is 2.53 bits per heavy atom. The fourth-order valence-corrected chi connectivity index (χ4v) is 2.16. The van der Waals surface area contributed by atoms with E-state index in [9.17, 15) is 0 Å². The van der Waals surface area contributed by atoms with Crippen molar-refractivity contribution in [3.05, 3.63) is 29.8 Å². The van der Waals surface area contributed by atoms with E-state index in [4.69, 9.17) is 4.74 Å². The molecule has 0 saturated carbocycles. The first-order valence-electron chi connectivity index (χ1n) is 6.66. The third kappa shape index (κ3) is 4.39. The van der Waals surface area contributed by atoms with Gasteiger partial charge in [0.15, 0.2) is 0 Å². The fraction of sp³-hybridized carbons (Fsp3) is 0.600. The number of benzene rings is 1. The van der Waals surface area contributed by atoms with Crippen molar-refractivity contribution in [3.63, 3.8) is 0 Å². The molecule has 0 amide bonds. The number of hydrogen-bond donors (Lipinski definition) is 1. The molecule has 1 rings (SSSR count). The van der Waals surface area contributed by atoms with Crippen LogP contribution < -0.4 is 10.1 Å². The number of rotatable bonds is 7. The molecular weight excluding hydrogens is 210 g/mol. The van der Waals surface area contributed by atoms with Gasteiger partial charge in [-0.25, -0.2) is 0 Å². The first kappa shape index (κ1) is 14.0. The quantitative estimate of drug-likeness (QED) is 0.773. The molecule has 0 aromatic heterocycles. The van der Waals surface area contributed by atoms with Crippen molar-refractivity contribution in [1.29, 1.82) is 0 Å². The first-order valence-corrected chi connectivity index (χ1v) is 6.66. The molecule has 0 radical (unpaired) electrons. The molecule has 17 heavy (non-hydrogen) atoms. The minimum Gasteiger partial charge on any atom is -0.494 e. The van der Waals surface area contributed by atoms with E-state index in [0.717, 1.165) is 5.75 Å². The summed E-state index contributed by atoms with van der Waals surface area (Å²) >= 11 is 0. The van der Waals surface area contributed by atoms with Gasteiger partial charge in [0.1, 0.15) is 5.75 Å². The van der Waals surface area contributed by atoms with Crippen LogP contribution in [0.2, 0.25) is 0 Å². The Bertz CT molecular complexity index is 324. The first-order chi connectivity index (χ1) is 8.19. The van der Waals surface area contributed by atoms with Crippen LogP contribution in [0.1, 0.15) is 52.1 Å². The van der Waals surface area contributed by atoms with Crippen LogP contribution in [-0.2, 0) is 0 Å². The summed E-state index contributed by atoms with van der Waals surface area (Å²) in [6, 6.07) is 9.16. The van der Waals surface area contributed by atoms with Crippen molar-refractivity contribution in [3.8, 4) is 5.75 Å². The minimum absolute atomic E-state index is 0.333. The average molecular weight is 235 g/mol. The van der Waals surface area contributed by atoms with E-state index in [1.54, 1.807) is 0 Å². The normalized spacial score (nSPS) is 14.4. The predicted molar refractivity (Wildman–Crippen MR) is 73.5 cm³/mol. The number of nitrogens with one attached hydrogen (secondary N) is 1. The summed E-state index contributed by atoms with van der Waals surface area (Å²) in [6.07, 6.45) is 2.43. The highest BCUT2D eigenvalue weighted by Crippen LogP contribution is 2.25. The third-order valence-corrected chi connectivity index (χ3v) is 2.94. The molecule has 0 fully saturated rings. The standard InChI is InChI=1S/C15H25NO/c1-5-9-12(3)16-13(4)14-10-7-8-11-15(14)17-6-2/h7-8,10-13,16H,5-6,9H2,1-4H3. The van der Waals surface area contributed by atoms with Crippen LogP contribution >= 0.6 is 0 Å². The van der Waals surface area contributed by atoms with Crippen LogP contribution in [0.5, 0.6) is 5.75 Å². The summed E-state index contributed by atoms with van der Waals surface area (Å²) in [5.41, 5.74) is 1.25. The maximum atomic E-state index is 5.66. The van der Waals surface area contributed by atoms with Gasteiger partial charge in [0.2, 0.25) is 0 Å². The van der Waals surface area contributed by atoms with Crippen molar-refractivity contribution in [2.45, 2.75) is 52.6 Å². The molecule has 0 aliphatic rings. The summed E-state index contributed by atoms with van der Waals surface area (Å²) in [5.74, 6) is 0.999. The molecule has 0 aliphatic carbocycles. The SMILES string of the molecule is CCCC(C)NC(C)c1ccccc1OCC. The van der Waals surface area contributed by atoms with Crippen LogP contribution in [0, 0.1) is 0 Å². The Hall–Kier alpha value is -1.02. The number of ether oxygens (including phenoxy) is 1. The lowest BCUT2D eigenvalue weighted by atomic mass is 10.1. The zero-order chi connectivity index (χ0) is 12.7. The Balaban J connectivity index is 2.70. The highest BCUT2D eigenvalue weighted by molar-refractivity contribution is 5.35.